The molecular formula is C15H17ClFNO3. The van der Waals surface area contributed by atoms with Crippen LogP contribution in [0.25, 0.3) is 0 Å². The number of amides is 1. The fourth-order valence-electron chi connectivity index (χ4n) is 2.84. The molecule has 1 heterocycles. The van der Waals surface area contributed by atoms with Crippen LogP contribution < -0.4 is 0 Å². The standard InChI is InChI=1S/C15H17ClFNO3/c1-15(2,3)18-12(19)7-10(14(20)21)13(18)9-6-8(16)4-5-11(9)17/h4-6,10,13H,7H2,1-3H3,(H,20,21). The average Bonchev–Trinajstić information content (AvgIpc) is 2.69. The molecule has 21 heavy (non-hydrogen) atoms. The SMILES string of the molecule is CC(C)(C)N1C(=O)CC(C(=O)O)C1c1cc(Cl)ccc1F. The number of nitrogens with zero attached hydrogens (tertiary/aromatic N) is 1. The van der Waals surface area contributed by atoms with Crippen molar-refractivity contribution in [3.8, 4) is 0 Å². The molecule has 1 aromatic carbocycles. The Hall–Kier alpha value is -1.62. The highest BCUT2D eigenvalue weighted by Gasteiger charge is 2.49. The van der Waals surface area contributed by atoms with Gasteiger partial charge in [-0.2, -0.15) is 0 Å². The van der Waals surface area contributed by atoms with Crippen LogP contribution in [0.2, 0.25) is 5.02 Å². The summed E-state index contributed by atoms with van der Waals surface area (Å²) in [7, 11) is 0. The highest BCUT2D eigenvalue weighted by atomic mass is 35.5. The van der Waals surface area contributed by atoms with E-state index in [0.29, 0.717) is 5.02 Å². The van der Waals surface area contributed by atoms with Crippen LogP contribution in [0.1, 0.15) is 38.8 Å². The maximum atomic E-state index is 14.2. The molecule has 2 atom stereocenters. The number of likely N-dealkylation sites (tertiary alicyclic amines) is 1. The first kappa shape index (κ1) is 15.8. The number of rotatable bonds is 2. The lowest BCUT2D eigenvalue weighted by Crippen LogP contribution is -2.44. The van der Waals surface area contributed by atoms with Crippen LogP contribution in [0.3, 0.4) is 0 Å². The Balaban J connectivity index is 2.60. The maximum Gasteiger partial charge on any atom is 0.309 e. The number of aliphatic carboxylic acids is 1. The summed E-state index contributed by atoms with van der Waals surface area (Å²) in [6.07, 6.45) is -0.136. The molecule has 0 bridgehead atoms. The highest BCUT2D eigenvalue weighted by molar-refractivity contribution is 6.30. The summed E-state index contributed by atoms with van der Waals surface area (Å²) < 4.78 is 14.2. The van der Waals surface area contributed by atoms with Crippen molar-refractivity contribution in [3.63, 3.8) is 0 Å². The minimum atomic E-state index is -1.11. The molecule has 1 N–H and O–H groups in total. The molecule has 6 heteroatoms. The molecule has 0 aliphatic carbocycles. The van der Waals surface area contributed by atoms with Crippen molar-refractivity contribution in [1.82, 2.24) is 4.90 Å². The van der Waals surface area contributed by atoms with Crippen LogP contribution in [-0.2, 0) is 9.59 Å². The van der Waals surface area contributed by atoms with Crippen LogP contribution in [0.4, 0.5) is 4.39 Å². The Morgan fingerprint density at radius 2 is 2.05 bits per heavy atom. The lowest BCUT2D eigenvalue weighted by molar-refractivity contribution is -0.143. The summed E-state index contributed by atoms with van der Waals surface area (Å²) in [6, 6.07) is 3.14. The van der Waals surface area contributed by atoms with Gasteiger partial charge in [-0.05, 0) is 39.0 Å². The van der Waals surface area contributed by atoms with Crippen LogP contribution >= 0.6 is 11.6 Å². The van der Waals surface area contributed by atoms with Crippen molar-refractivity contribution in [2.24, 2.45) is 5.92 Å². The summed E-state index contributed by atoms with van der Waals surface area (Å²) in [5, 5.41) is 9.68. The predicted molar refractivity (Wildman–Crippen MR) is 76.5 cm³/mol. The molecule has 2 unspecified atom stereocenters. The van der Waals surface area contributed by atoms with Gasteiger partial charge < -0.3 is 10.0 Å². The smallest absolute Gasteiger partial charge is 0.309 e. The van der Waals surface area contributed by atoms with E-state index in [1.54, 1.807) is 20.8 Å². The van der Waals surface area contributed by atoms with Crippen LogP contribution in [-0.4, -0.2) is 27.4 Å². The fourth-order valence-corrected chi connectivity index (χ4v) is 3.02. The Kier molecular flexibility index (Phi) is 3.97. The molecule has 1 fully saturated rings. The summed E-state index contributed by atoms with van der Waals surface area (Å²) in [4.78, 5) is 25.1. The molecule has 1 aliphatic heterocycles. The van der Waals surface area contributed by atoms with E-state index >= 15 is 0 Å². The molecular weight excluding hydrogens is 297 g/mol. The zero-order chi connectivity index (χ0) is 15.9. The summed E-state index contributed by atoms with van der Waals surface area (Å²) in [6.45, 7) is 5.39. The van der Waals surface area contributed by atoms with Gasteiger partial charge in [0.1, 0.15) is 5.82 Å². The molecule has 0 spiro atoms. The van der Waals surface area contributed by atoms with E-state index in [4.69, 9.17) is 11.6 Å². The van der Waals surface area contributed by atoms with Crippen molar-refractivity contribution in [2.45, 2.75) is 38.8 Å². The molecule has 1 amide bonds. The summed E-state index contributed by atoms with van der Waals surface area (Å²) in [5.41, 5.74) is -0.462. The van der Waals surface area contributed by atoms with Crippen LogP contribution in [0.5, 0.6) is 0 Å². The molecule has 1 aromatic rings. The van der Waals surface area contributed by atoms with E-state index in [1.807, 2.05) is 0 Å². The Labute approximate surface area is 127 Å². The lowest BCUT2D eigenvalue weighted by atomic mass is 9.91. The van der Waals surface area contributed by atoms with E-state index in [-0.39, 0.29) is 17.9 Å². The van der Waals surface area contributed by atoms with Gasteiger partial charge in [-0.25, -0.2) is 4.39 Å². The highest BCUT2D eigenvalue weighted by Crippen LogP contribution is 2.43. The second-order valence-corrected chi connectivity index (χ2v) is 6.63. The van der Waals surface area contributed by atoms with Crippen molar-refractivity contribution in [3.05, 3.63) is 34.6 Å². The molecule has 0 saturated carbocycles. The molecule has 2 rings (SSSR count). The van der Waals surface area contributed by atoms with E-state index in [0.717, 1.165) is 0 Å². The number of hydrogen-bond acceptors (Lipinski definition) is 2. The third-order valence-electron chi connectivity index (χ3n) is 3.64. The molecule has 1 saturated heterocycles. The fraction of sp³-hybridized carbons (Fsp3) is 0.467. The number of carboxylic acid groups (broad SMARTS) is 1. The van der Waals surface area contributed by atoms with E-state index in [1.165, 1.54) is 23.1 Å². The van der Waals surface area contributed by atoms with Crippen molar-refractivity contribution in [1.29, 1.82) is 0 Å². The van der Waals surface area contributed by atoms with Gasteiger partial charge >= 0.3 is 5.97 Å². The van der Waals surface area contributed by atoms with Crippen LogP contribution in [0.15, 0.2) is 18.2 Å². The molecule has 114 valence electrons. The predicted octanol–water partition coefficient (Wildman–Crippen LogP) is 3.25. The summed E-state index contributed by atoms with van der Waals surface area (Å²) >= 11 is 5.90. The Morgan fingerprint density at radius 3 is 2.57 bits per heavy atom. The minimum absolute atomic E-state index is 0.136. The van der Waals surface area contributed by atoms with Gasteiger partial charge in [0, 0.05) is 22.5 Å². The Bertz CT molecular complexity index is 597. The van der Waals surface area contributed by atoms with Gasteiger partial charge in [0.2, 0.25) is 5.91 Å². The largest absolute Gasteiger partial charge is 0.481 e. The molecule has 4 nitrogen and oxygen atoms in total. The van der Waals surface area contributed by atoms with Gasteiger partial charge in [0.15, 0.2) is 0 Å². The van der Waals surface area contributed by atoms with Crippen molar-refractivity contribution >= 4 is 23.5 Å². The number of hydrogen-bond donors (Lipinski definition) is 1. The van der Waals surface area contributed by atoms with E-state index in [2.05, 4.69) is 0 Å². The lowest BCUT2D eigenvalue weighted by Gasteiger charge is -2.38. The first-order chi connectivity index (χ1) is 9.62. The second-order valence-electron chi connectivity index (χ2n) is 6.19. The number of halogens is 2. The van der Waals surface area contributed by atoms with Crippen molar-refractivity contribution in [2.75, 3.05) is 0 Å². The zero-order valence-corrected chi connectivity index (χ0v) is 12.8. The van der Waals surface area contributed by atoms with Crippen LogP contribution in [0, 0.1) is 11.7 Å². The third-order valence-corrected chi connectivity index (χ3v) is 3.87. The Morgan fingerprint density at radius 1 is 1.43 bits per heavy atom. The second kappa shape index (κ2) is 5.30. The average molecular weight is 314 g/mol. The van der Waals surface area contributed by atoms with Gasteiger partial charge in [0.05, 0.1) is 12.0 Å². The quantitative estimate of drug-likeness (QED) is 0.911. The molecule has 1 aliphatic rings. The first-order valence-electron chi connectivity index (χ1n) is 6.63. The monoisotopic (exact) mass is 313 g/mol. The van der Waals surface area contributed by atoms with E-state index in [9.17, 15) is 19.1 Å². The molecule has 0 aromatic heterocycles. The van der Waals surface area contributed by atoms with Gasteiger partial charge in [-0.15, -0.1) is 0 Å². The van der Waals surface area contributed by atoms with Gasteiger partial charge in [-0.1, -0.05) is 11.6 Å². The number of carboxylic acids is 1. The van der Waals surface area contributed by atoms with Crippen molar-refractivity contribution < 1.29 is 19.1 Å². The minimum Gasteiger partial charge on any atom is -0.481 e. The van der Waals surface area contributed by atoms with Gasteiger partial charge in [0.25, 0.3) is 0 Å². The number of benzene rings is 1. The molecule has 0 radical (unpaired) electrons. The number of carbonyl (C=O) groups is 2. The topological polar surface area (TPSA) is 57.6 Å². The maximum absolute atomic E-state index is 14.2. The number of carbonyl (C=O) groups excluding carboxylic acids is 1. The third kappa shape index (κ3) is 2.88. The van der Waals surface area contributed by atoms with Gasteiger partial charge in [-0.3, -0.25) is 9.59 Å². The normalized spacial score (nSPS) is 22.7. The zero-order valence-electron chi connectivity index (χ0n) is 12.1. The first-order valence-corrected chi connectivity index (χ1v) is 7.00. The van der Waals surface area contributed by atoms with E-state index < -0.39 is 29.3 Å². The summed E-state index contributed by atoms with van der Waals surface area (Å²) in [5.74, 6) is -2.94.